The molecule has 0 spiro atoms. The van der Waals surface area contributed by atoms with Gasteiger partial charge < -0.3 is 5.32 Å². The fourth-order valence-electron chi connectivity index (χ4n) is 2.11. The number of aromatic nitrogens is 2. The Kier molecular flexibility index (Phi) is 6.53. The standard InChI is InChI=1S/C15H25N3/c1-5-8-9-10-14(16-11-6-2)15-12-13(4)17-18(15)7-3/h12,14,16H,6-7,9-11H2,1-4H3. The van der Waals surface area contributed by atoms with E-state index in [-0.39, 0.29) is 0 Å². The van der Waals surface area contributed by atoms with Crippen LogP contribution in [0.25, 0.3) is 0 Å². The van der Waals surface area contributed by atoms with E-state index in [1.165, 1.54) is 5.69 Å². The molecule has 1 unspecified atom stereocenters. The molecule has 0 aromatic carbocycles. The van der Waals surface area contributed by atoms with Crippen LogP contribution in [0.1, 0.15) is 57.5 Å². The van der Waals surface area contributed by atoms with E-state index in [9.17, 15) is 0 Å². The highest BCUT2D eigenvalue weighted by Crippen LogP contribution is 2.19. The SMILES string of the molecule is CC#CCCC(NCCC)c1cc(C)nn1CC. The lowest BCUT2D eigenvalue weighted by Gasteiger charge is -2.18. The van der Waals surface area contributed by atoms with Gasteiger partial charge in [0.2, 0.25) is 0 Å². The molecule has 3 nitrogen and oxygen atoms in total. The average Bonchev–Trinajstić information content (AvgIpc) is 2.75. The first-order chi connectivity index (χ1) is 8.72. The third-order valence-electron chi connectivity index (χ3n) is 2.97. The Labute approximate surface area is 111 Å². The van der Waals surface area contributed by atoms with Crippen LogP contribution in [0.15, 0.2) is 6.07 Å². The first kappa shape index (κ1) is 14.8. The Morgan fingerprint density at radius 2 is 2.22 bits per heavy atom. The molecule has 18 heavy (non-hydrogen) atoms. The molecule has 0 amide bonds. The Hall–Kier alpha value is -1.27. The summed E-state index contributed by atoms with van der Waals surface area (Å²) in [5.41, 5.74) is 2.39. The van der Waals surface area contributed by atoms with E-state index in [0.717, 1.165) is 38.0 Å². The van der Waals surface area contributed by atoms with Crippen molar-refractivity contribution in [1.82, 2.24) is 15.1 Å². The van der Waals surface area contributed by atoms with E-state index in [1.807, 2.05) is 6.92 Å². The van der Waals surface area contributed by atoms with Crippen molar-refractivity contribution in [2.75, 3.05) is 6.54 Å². The van der Waals surface area contributed by atoms with Crippen LogP contribution in [0.4, 0.5) is 0 Å². The first-order valence-corrected chi connectivity index (χ1v) is 6.90. The van der Waals surface area contributed by atoms with Crippen LogP contribution in [-0.2, 0) is 6.54 Å². The number of hydrogen-bond donors (Lipinski definition) is 1. The van der Waals surface area contributed by atoms with Gasteiger partial charge in [-0.3, -0.25) is 4.68 Å². The van der Waals surface area contributed by atoms with E-state index in [2.05, 4.69) is 53.8 Å². The lowest BCUT2D eigenvalue weighted by molar-refractivity contribution is 0.461. The van der Waals surface area contributed by atoms with E-state index >= 15 is 0 Å². The van der Waals surface area contributed by atoms with Crippen LogP contribution < -0.4 is 5.32 Å². The normalized spacial score (nSPS) is 12.0. The minimum atomic E-state index is 0.368. The Bertz CT molecular complexity index is 409. The van der Waals surface area contributed by atoms with Crippen LogP contribution >= 0.6 is 0 Å². The molecule has 1 aromatic heterocycles. The predicted octanol–water partition coefficient (Wildman–Crippen LogP) is 3.06. The maximum Gasteiger partial charge on any atom is 0.0597 e. The summed E-state index contributed by atoms with van der Waals surface area (Å²) in [6.07, 6.45) is 3.13. The Morgan fingerprint density at radius 3 is 2.83 bits per heavy atom. The van der Waals surface area contributed by atoms with Gasteiger partial charge in [0, 0.05) is 13.0 Å². The molecule has 0 bridgehead atoms. The molecule has 3 heteroatoms. The highest BCUT2D eigenvalue weighted by molar-refractivity contribution is 5.14. The molecule has 1 rings (SSSR count). The second kappa shape index (κ2) is 7.94. The molecule has 0 aliphatic rings. The summed E-state index contributed by atoms with van der Waals surface area (Å²) in [4.78, 5) is 0. The largest absolute Gasteiger partial charge is 0.309 e. The van der Waals surface area contributed by atoms with Gasteiger partial charge in [-0.1, -0.05) is 6.92 Å². The fourth-order valence-corrected chi connectivity index (χ4v) is 2.11. The summed E-state index contributed by atoms with van der Waals surface area (Å²) in [7, 11) is 0. The Morgan fingerprint density at radius 1 is 1.44 bits per heavy atom. The van der Waals surface area contributed by atoms with Crippen LogP contribution in [0, 0.1) is 18.8 Å². The van der Waals surface area contributed by atoms with Crippen LogP contribution in [0.5, 0.6) is 0 Å². The van der Waals surface area contributed by atoms with Crippen molar-refractivity contribution in [3.8, 4) is 11.8 Å². The lowest BCUT2D eigenvalue weighted by Crippen LogP contribution is -2.24. The van der Waals surface area contributed by atoms with E-state index in [4.69, 9.17) is 0 Å². The zero-order chi connectivity index (χ0) is 13.4. The maximum absolute atomic E-state index is 4.53. The third-order valence-corrected chi connectivity index (χ3v) is 2.97. The van der Waals surface area contributed by atoms with Crippen LogP contribution in [0.2, 0.25) is 0 Å². The molecule has 0 saturated carbocycles. The van der Waals surface area contributed by atoms with Crippen molar-refractivity contribution < 1.29 is 0 Å². The smallest absolute Gasteiger partial charge is 0.0597 e. The predicted molar refractivity (Wildman–Crippen MR) is 76.4 cm³/mol. The van der Waals surface area contributed by atoms with Crippen molar-refractivity contribution in [3.63, 3.8) is 0 Å². The van der Waals surface area contributed by atoms with E-state index in [1.54, 1.807) is 0 Å². The molecular weight excluding hydrogens is 222 g/mol. The van der Waals surface area contributed by atoms with Gasteiger partial charge in [0.1, 0.15) is 0 Å². The van der Waals surface area contributed by atoms with Crippen molar-refractivity contribution >= 4 is 0 Å². The summed E-state index contributed by atoms with van der Waals surface area (Å²) in [6, 6.07) is 2.56. The number of nitrogens with zero attached hydrogens (tertiary/aromatic N) is 2. The van der Waals surface area contributed by atoms with Gasteiger partial charge in [-0.2, -0.15) is 5.10 Å². The van der Waals surface area contributed by atoms with Gasteiger partial charge in [0.15, 0.2) is 0 Å². The first-order valence-electron chi connectivity index (χ1n) is 6.90. The Balaban J connectivity index is 2.80. The lowest BCUT2D eigenvalue weighted by atomic mass is 10.1. The van der Waals surface area contributed by atoms with Crippen molar-refractivity contribution in [1.29, 1.82) is 0 Å². The number of nitrogens with one attached hydrogen (secondary N) is 1. The summed E-state index contributed by atoms with van der Waals surface area (Å²) in [6.45, 7) is 10.2. The molecular formula is C15H25N3. The summed E-state index contributed by atoms with van der Waals surface area (Å²) < 4.78 is 2.10. The summed E-state index contributed by atoms with van der Waals surface area (Å²) in [5, 5.41) is 8.13. The number of aryl methyl sites for hydroxylation is 2. The summed E-state index contributed by atoms with van der Waals surface area (Å²) >= 11 is 0. The van der Waals surface area contributed by atoms with Crippen LogP contribution in [-0.4, -0.2) is 16.3 Å². The quantitative estimate of drug-likeness (QED) is 0.751. The molecule has 100 valence electrons. The van der Waals surface area contributed by atoms with E-state index in [0.29, 0.717) is 6.04 Å². The molecule has 1 aromatic rings. The second-order valence-corrected chi connectivity index (χ2v) is 4.50. The maximum atomic E-state index is 4.53. The minimum Gasteiger partial charge on any atom is -0.309 e. The zero-order valence-corrected chi connectivity index (χ0v) is 12.1. The second-order valence-electron chi connectivity index (χ2n) is 4.50. The molecule has 1 heterocycles. The van der Waals surface area contributed by atoms with Crippen molar-refractivity contribution in [2.24, 2.45) is 0 Å². The molecule has 0 radical (unpaired) electrons. The minimum absolute atomic E-state index is 0.368. The number of hydrogen-bond acceptors (Lipinski definition) is 2. The monoisotopic (exact) mass is 247 g/mol. The van der Waals surface area contributed by atoms with Gasteiger partial charge in [0.25, 0.3) is 0 Å². The average molecular weight is 247 g/mol. The molecule has 0 aliphatic carbocycles. The molecule has 0 saturated heterocycles. The number of rotatable bonds is 7. The van der Waals surface area contributed by atoms with Gasteiger partial charge in [0.05, 0.1) is 17.4 Å². The molecule has 1 N–H and O–H groups in total. The molecule has 0 aliphatic heterocycles. The highest BCUT2D eigenvalue weighted by Gasteiger charge is 2.15. The zero-order valence-electron chi connectivity index (χ0n) is 12.1. The van der Waals surface area contributed by atoms with Crippen molar-refractivity contribution in [2.45, 2.75) is 59.5 Å². The van der Waals surface area contributed by atoms with Gasteiger partial charge in [-0.25, -0.2) is 0 Å². The van der Waals surface area contributed by atoms with Gasteiger partial charge >= 0.3 is 0 Å². The van der Waals surface area contributed by atoms with Gasteiger partial charge in [-0.05, 0) is 46.2 Å². The van der Waals surface area contributed by atoms with Gasteiger partial charge in [-0.15, -0.1) is 11.8 Å². The van der Waals surface area contributed by atoms with Crippen molar-refractivity contribution in [3.05, 3.63) is 17.5 Å². The van der Waals surface area contributed by atoms with E-state index < -0.39 is 0 Å². The molecule has 0 fully saturated rings. The molecule has 1 atom stereocenters. The summed E-state index contributed by atoms with van der Waals surface area (Å²) in [5.74, 6) is 6.11. The third kappa shape index (κ3) is 4.19. The van der Waals surface area contributed by atoms with Crippen LogP contribution in [0.3, 0.4) is 0 Å². The highest BCUT2D eigenvalue weighted by atomic mass is 15.3. The topological polar surface area (TPSA) is 29.9 Å². The fraction of sp³-hybridized carbons (Fsp3) is 0.667.